The van der Waals surface area contributed by atoms with E-state index in [-0.39, 0.29) is 23.2 Å². The number of amides is 2. The summed E-state index contributed by atoms with van der Waals surface area (Å²) in [6, 6.07) is 5.31. The monoisotopic (exact) mass is 463 g/mol. The van der Waals surface area contributed by atoms with Crippen LogP contribution in [0, 0.1) is 0 Å². The maximum atomic E-state index is 12.2. The Kier molecular flexibility index (Phi) is 6.17. The van der Waals surface area contributed by atoms with E-state index in [1.807, 2.05) is 32.2 Å². The van der Waals surface area contributed by atoms with Gasteiger partial charge in [0.25, 0.3) is 11.8 Å². The molecule has 5 N–H and O–H groups in total. The molecular formula is C23H25N7O4. The van der Waals surface area contributed by atoms with Crippen molar-refractivity contribution < 1.29 is 18.7 Å². The van der Waals surface area contributed by atoms with Gasteiger partial charge in [0.05, 0.1) is 36.0 Å². The predicted molar refractivity (Wildman–Crippen MR) is 125 cm³/mol. The number of hydrogen-bond acceptors (Lipinski definition) is 8. The van der Waals surface area contributed by atoms with Crippen molar-refractivity contribution in [2.24, 2.45) is 11.5 Å². The number of carbonyl (C=O) groups excluding carboxylic acids is 2. The first-order chi connectivity index (χ1) is 16.3. The molecule has 0 aromatic carbocycles. The van der Waals surface area contributed by atoms with Gasteiger partial charge >= 0.3 is 0 Å². The van der Waals surface area contributed by atoms with Crippen LogP contribution in [0.3, 0.4) is 0 Å². The fourth-order valence-corrected chi connectivity index (χ4v) is 3.87. The second-order valence-electron chi connectivity index (χ2n) is 7.83. The zero-order valence-corrected chi connectivity index (χ0v) is 19.0. The van der Waals surface area contributed by atoms with Crippen LogP contribution in [0.4, 0.5) is 5.69 Å². The number of rotatable bonds is 9. The molecule has 0 spiro atoms. The highest BCUT2D eigenvalue weighted by Crippen LogP contribution is 2.32. The van der Waals surface area contributed by atoms with Crippen LogP contribution in [-0.4, -0.2) is 44.5 Å². The molecule has 0 radical (unpaired) electrons. The van der Waals surface area contributed by atoms with Crippen molar-refractivity contribution in [2.45, 2.75) is 32.2 Å². The molecule has 0 saturated carbocycles. The Morgan fingerprint density at radius 1 is 1.21 bits per heavy atom. The number of fused-ring (bicyclic) bond motifs is 1. The first-order valence-corrected chi connectivity index (χ1v) is 10.7. The van der Waals surface area contributed by atoms with Crippen molar-refractivity contribution in [3.05, 3.63) is 60.2 Å². The Morgan fingerprint density at radius 2 is 2.00 bits per heavy atom. The molecule has 4 aromatic rings. The van der Waals surface area contributed by atoms with Crippen molar-refractivity contribution >= 4 is 23.0 Å². The maximum Gasteiger partial charge on any atom is 0.270 e. The molecule has 11 heteroatoms. The van der Waals surface area contributed by atoms with Crippen LogP contribution in [0.1, 0.15) is 52.9 Å². The first-order valence-electron chi connectivity index (χ1n) is 10.7. The van der Waals surface area contributed by atoms with E-state index in [1.54, 1.807) is 23.9 Å². The molecule has 0 fully saturated rings. The Hall–Kier alpha value is -4.41. The van der Waals surface area contributed by atoms with Gasteiger partial charge in [0.2, 0.25) is 5.88 Å². The molecule has 4 aromatic heterocycles. The standard InChI is InChI=1S/C23H25N7O4/c1-4-15(23-29-17(11-34-23)22(25)32)12(2)28-20-16(21(24)31)9-27-30-10-14(7-18(20)30)13-5-6-19(33-3)26-8-13/h5-12,15,28H,4H2,1-3H3,(H2,24,31)(H2,25,32). The third-order valence-electron chi connectivity index (χ3n) is 5.69. The lowest BCUT2D eigenvalue weighted by molar-refractivity contribution is 0.0989. The van der Waals surface area contributed by atoms with Gasteiger partial charge in [-0.2, -0.15) is 5.10 Å². The molecule has 0 saturated heterocycles. The van der Waals surface area contributed by atoms with E-state index in [1.165, 1.54) is 12.5 Å². The van der Waals surface area contributed by atoms with Crippen molar-refractivity contribution in [1.82, 2.24) is 19.6 Å². The lowest BCUT2D eigenvalue weighted by atomic mass is 9.97. The molecule has 0 aliphatic carbocycles. The third kappa shape index (κ3) is 4.27. The number of methoxy groups -OCH3 is 1. The zero-order chi connectivity index (χ0) is 24.4. The third-order valence-corrected chi connectivity index (χ3v) is 5.69. The minimum absolute atomic E-state index is 0.0640. The van der Waals surface area contributed by atoms with Gasteiger partial charge in [0.1, 0.15) is 6.26 Å². The summed E-state index contributed by atoms with van der Waals surface area (Å²) < 4.78 is 12.3. The summed E-state index contributed by atoms with van der Waals surface area (Å²) in [5, 5.41) is 7.74. The van der Waals surface area contributed by atoms with Crippen LogP contribution in [0.25, 0.3) is 16.6 Å². The molecule has 34 heavy (non-hydrogen) atoms. The Labute approximate surface area is 195 Å². The summed E-state index contributed by atoms with van der Waals surface area (Å²) in [5.41, 5.74) is 14.2. The molecule has 2 unspecified atom stereocenters. The number of anilines is 1. The number of nitrogens with one attached hydrogen (secondary N) is 1. The topological polar surface area (TPSA) is 164 Å². The summed E-state index contributed by atoms with van der Waals surface area (Å²) in [6.45, 7) is 3.90. The van der Waals surface area contributed by atoms with E-state index in [2.05, 4.69) is 20.4 Å². The average molecular weight is 463 g/mol. The number of nitrogens with two attached hydrogens (primary N) is 2. The van der Waals surface area contributed by atoms with Crippen molar-refractivity contribution in [3.63, 3.8) is 0 Å². The van der Waals surface area contributed by atoms with Crippen LogP contribution < -0.4 is 21.5 Å². The van der Waals surface area contributed by atoms with Crippen LogP contribution in [0.5, 0.6) is 5.88 Å². The van der Waals surface area contributed by atoms with Crippen LogP contribution in [-0.2, 0) is 0 Å². The number of hydrogen-bond donors (Lipinski definition) is 3. The van der Waals surface area contributed by atoms with Crippen molar-refractivity contribution in [3.8, 4) is 17.0 Å². The van der Waals surface area contributed by atoms with E-state index in [9.17, 15) is 9.59 Å². The molecule has 0 bridgehead atoms. The lowest BCUT2D eigenvalue weighted by Crippen LogP contribution is -2.27. The summed E-state index contributed by atoms with van der Waals surface area (Å²) in [6.07, 6.45) is 6.87. The minimum Gasteiger partial charge on any atom is -0.481 e. The highest BCUT2D eigenvalue weighted by atomic mass is 16.5. The first kappa shape index (κ1) is 22.8. The van der Waals surface area contributed by atoms with Gasteiger partial charge in [-0.05, 0) is 25.5 Å². The fraction of sp³-hybridized carbons (Fsp3) is 0.261. The van der Waals surface area contributed by atoms with Gasteiger partial charge in [-0.1, -0.05) is 6.92 Å². The molecule has 2 atom stereocenters. The molecule has 0 aliphatic rings. The van der Waals surface area contributed by atoms with E-state index >= 15 is 0 Å². The number of oxazole rings is 1. The number of nitrogens with zero attached hydrogens (tertiary/aromatic N) is 4. The smallest absolute Gasteiger partial charge is 0.270 e. The van der Waals surface area contributed by atoms with E-state index in [0.717, 1.165) is 11.1 Å². The molecule has 4 heterocycles. The minimum atomic E-state index is -0.661. The Balaban J connectivity index is 1.72. The van der Waals surface area contributed by atoms with Crippen molar-refractivity contribution in [2.75, 3.05) is 12.4 Å². The number of carbonyl (C=O) groups is 2. The molecule has 2 amide bonds. The summed E-state index contributed by atoms with van der Waals surface area (Å²) >= 11 is 0. The molecule has 4 rings (SSSR count). The van der Waals surface area contributed by atoms with Crippen LogP contribution >= 0.6 is 0 Å². The maximum absolute atomic E-state index is 12.2. The second kappa shape index (κ2) is 9.22. The Bertz CT molecular complexity index is 1340. The highest BCUT2D eigenvalue weighted by Gasteiger charge is 2.26. The highest BCUT2D eigenvalue weighted by molar-refractivity contribution is 6.02. The predicted octanol–water partition coefficient (Wildman–Crippen LogP) is 2.58. The average Bonchev–Trinajstić information content (AvgIpc) is 3.47. The number of ether oxygens (including phenoxy) is 1. The lowest BCUT2D eigenvalue weighted by Gasteiger charge is -2.23. The fourth-order valence-electron chi connectivity index (χ4n) is 3.87. The number of aromatic nitrogens is 4. The quantitative estimate of drug-likeness (QED) is 0.341. The van der Waals surface area contributed by atoms with E-state index in [0.29, 0.717) is 29.4 Å². The van der Waals surface area contributed by atoms with Crippen LogP contribution in [0.15, 0.2) is 47.5 Å². The number of pyridine rings is 1. The van der Waals surface area contributed by atoms with Crippen molar-refractivity contribution in [1.29, 1.82) is 0 Å². The van der Waals surface area contributed by atoms with Gasteiger partial charge in [-0.3, -0.25) is 9.59 Å². The van der Waals surface area contributed by atoms with Gasteiger partial charge in [-0.25, -0.2) is 14.5 Å². The molecule has 0 aliphatic heterocycles. The van der Waals surface area contributed by atoms with Gasteiger partial charge < -0.3 is 25.9 Å². The summed E-state index contributed by atoms with van der Waals surface area (Å²) in [4.78, 5) is 32.1. The normalized spacial score (nSPS) is 12.9. The Morgan fingerprint density at radius 3 is 2.59 bits per heavy atom. The zero-order valence-electron chi connectivity index (χ0n) is 19.0. The summed E-state index contributed by atoms with van der Waals surface area (Å²) in [7, 11) is 1.56. The molecular weight excluding hydrogens is 438 g/mol. The van der Waals surface area contributed by atoms with Crippen LogP contribution in [0.2, 0.25) is 0 Å². The number of primary amides is 2. The van der Waals surface area contributed by atoms with E-state index in [4.69, 9.17) is 20.6 Å². The second-order valence-corrected chi connectivity index (χ2v) is 7.83. The largest absolute Gasteiger partial charge is 0.481 e. The summed E-state index contributed by atoms with van der Waals surface area (Å²) in [5.74, 6) is -0.594. The van der Waals surface area contributed by atoms with Gasteiger partial charge in [0.15, 0.2) is 11.6 Å². The molecule has 11 nitrogen and oxygen atoms in total. The SMILES string of the molecule is CCC(c1nc(C(N)=O)co1)C(C)Nc1c(C(N)=O)cnn2cc(-c3ccc(OC)nc3)cc12. The molecule has 176 valence electrons. The van der Waals surface area contributed by atoms with Gasteiger partial charge in [0, 0.05) is 35.6 Å². The van der Waals surface area contributed by atoms with E-state index < -0.39 is 11.8 Å². The van der Waals surface area contributed by atoms with Gasteiger partial charge in [-0.15, -0.1) is 0 Å².